The van der Waals surface area contributed by atoms with Crippen LogP contribution in [0.1, 0.15) is 5.56 Å². The number of hydrogen-bond acceptors (Lipinski definition) is 5. The molecule has 3 N–H and O–H groups in total. The van der Waals surface area contributed by atoms with Crippen molar-refractivity contribution in [2.24, 2.45) is 0 Å². The number of nitrogens with one attached hydrogen (secondary N) is 1. The molecule has 2 aromatic rings. The van der Waals surface area contributed by atoms with Crippen LogP contribution in [0.4, 0.5) is 18.9 Å². The molecule has 0 spiro atoms. The van der Waals surface area contributed by atoms with E-state index in [1.807, 2.05) is 0 Å². The molecule has 0 heterocycles. The van der Waals surface area contributed by atoms with Gasteiger partial charge in [0.25, 0.3) is 20.0 Å². The first kappa shape index (κ1) is 18.2. The zero-order valence-electron chi connectivity index (χ0n) is 11.8. The predicted octanol–water partition coefficient (Wildman–Crippen LogP) is 1.95. The number of benzene rings is 2. The normalized spacial score (nSPS) is 13.0. The summed E-state index contributed by atoms with van der Waals surface area (Å²) in [7, 11) is -9.23. The molecule has 0 atom stereocenters. The molecule has 0 aliphatic heterocycles. The fourth-order valence-corrected chi connectivity index (χ4v) is 4.75. The van der Waals surface area contributed by atoms with Crippen molar-refractivity contribution in [1.29, 1.82) is 0 Å². The first-order chi connectivity index (χ1) is 10.9. The van der Waals surface area contributed by atoms with Crippen molar-refractivity contribution in [3.63, 3.8) is 0 Å². The van der Waals surface area contributed by atoms with Gasteiger partial charge in [0.05, 0.1) is 15.4 Å². The maximum absolute atomic E-state index is 12.8. The van der Waals surface area contributed by atoms with Gasteiger partial charge in [0, 0.05) is 5.69 Å². The molecule has 130 valence electrons. The van der Waals surface area contributed by atoms with Gasteiger partial charge >= 0.3 is 6.18 Å². The van der Waals surface area contributed by atoms with Gasteiger partial charge < -0.3 is 5.73 Å². The molecule has 0 aromatic heterocycles. The van der Waals surface area contributed by atoms with Gasteiger partial charge in [-0.1, -0.05) is 18.2 Å². The second kappa shape index (κ2) is 6.07. The van der Waals surface area contributed by atoms with Gasteiger partial charge in [-0.25, -0.2) is 16.8 Å². The summed E-state index contributed by atoms with van der Waals surface area (Å²) in [6.45, 7) is 0. The smallest absolute Gasteiger partial charge is 0.398 e. The van der Waals surface area contributed by atoms with Crippen LogP contribution < -0.4 is 9.86 Å². The van der Waals surface area contributed by atoms with Gasteiger partial charge in [-0.15, -0.1) is 4.13 Å². The highest BCUT2D eigenvalue weighted by atomic mass is 32.3. The maximum Gasteiger partial charge on any atom is 0.418 e. The first-order valence-electron chi connectivity index (χ1n) is 6.24. The molecule has 0 saturated heterocycles. The number of alkyl halides is 3. The van der Waals surface area contributed by atoms with E-state index in [1.165, 1.54) is 22.3 Å². The highest BCUT2D eigenvalue weighted by molar-refractivity contribution is 8.04. The molecule has 6 nitrogen and oxygen atoms in total. The number of rotatable bonds is 4. The topological polar surface area (TPSA) is 106 Å². The predicted molar refractivity (Wildman–Crippen MR) is 79.8 cm³/mol. The summed E-state index contributed by atoms with van der Waals surface area (Å²) in [5.74, 6) is 0. The molecular formula is C13H11F3N2O4S2. The van der Waals surface area contributed by atoms with E-state index in [-0.39, 0.29) is 11.0 Å². The van der Waals surface area contributed by atoms with Gasteiger partial charge in [-0.3, -0.25) is 0 Å². The molecule has 0 fully saturated rings. The Morgan fingerprint density at radius 3 is 1.92 bits per heavy atom. The number of anilines is 1. The number of halogens is 3. The average molecular weight is 380 g/mol. The zero-order chi connectivity index (χ0) is 18.2. The van der Waals surface area contributed by atoms with Crippen molar-refractivity contribution < 1.29 is 30.0 Å². The lowest BCUT2D eigenvalue weighted by molar-refractivity contribution is -0.137. The molecule has 11 heteroatoms. The summed E-state index contributed by atoms with van der Waals surface area (Å²) < 4.78 is 88.1. The SMILES string of the molecule is Nc1ccc(S(=O)(=O)NS(=O)(=O)c2ccccc2)cc1C(F)(F)F. The van der Waals surface area contributed by atoms with Crippen molar-refractivity contribution in [1.82, 2.24) is 4.13 Å². The third kappa shape index (κ3) is 3.86. The molecule has 0 aliphatic rings. The maximum atomic E-state index is 12.8. The lowest BCUT2D eigenvalue weighted by Crippen LogP contribution is -2.31. The van der Waals surface area contributed by atoms with E-state index < -0.39 is 42.4 Å². The molecule has 2 aromatic carbocycles. The quantitative estimate of drug-likeness (QED) is 0.789. The van der Waals surface area contributed by atoms with Crippen LogP contribution in [0.3, 0.4) is 0 Å². The largest absolute Gasteiger partial charge is 0.418 e. The molecule has 24 heavy (non-hydrogen) atoms. The number of nitrogen functional groups attached to an aromatic ring is 1. The summed E-state index contributed by atoms with van der Waals surface area (Å²) in [6.07, 6.45) is -4.88. The van der Waals surface area contributed by atoms with Crippen molar-refractivity contribution in [3.05, 3.63) is 54.1 Å². The zero-order valence-corrected chi connectivity index (χ0v) is 13.4. The van der Waals surface area contributed by atoms with Crippen molar-refractivity contribution in [2.75, 3.05) is 5.73 Å². The van der Waals surface area contributed by atoms with Crippen molar-refractivity contribution in [2.45, 2.75) is 16.0 Å². The molecule has 0 aliphatic carbocycles. The van der Waals surface area contributed by atoms with Crippen LogP contribution in [0.25, 0.3) is 0 Å². The van der Waals surface area contributed by atoms with Crippen LogP contribution in [-0.2, 0) is 26.2 Å². The van der Waals surface area contributed by atoms with Crippen LogP contribution in [-0.4, -0.2) is 16.8 Å². The summed E-state index contributed by atoms with van der Waals surface area (Å²) in [4.78, 5) is -1.22. The molecule has 0 bridgehead atoms. The number of nitrogens with two attached hydrogens (primary N) is 1. The minimum absolute atomic E-state index is 0.276. The van der Waals surface area contributed by atoms with E-state index in [0.717, 1.165) is 24.3 Å². The molecule has 0 unspecified atom stereocenters. The average Bonchev–Trinajstić information content (AvgIpc) is 2.46. The molecule has 0 saturated carbocycles. The lowest BCUT2D eigenvalue weighted by Gasteiger charge is -2.13. The van der Waals surface area contributed by atoms with Gasteiger partial charge in [0.15, 0.2) is 0 Å². The van der Waals surface area contributed by atoms with Crippen molar-refractivity contribution in [3.8, 4) is 0 Å². The van der Waals surface area contributed by atoms with E-state index in [9.17, 15) is 30.0 Å². The molecular weight excluding hydrogens is 369 g/mol. The Kier molecular flexibility index (Phi) is 4.61. The van der Waals surface area contributed by atoms with E-state index >= 15 is 0 Å². The third-order valence-corrected chi connectivity index (χ3v) is 6.44. The Morgan fingerprint density at radius 2 is 1.38 bits per heavy atom. The Morgan fingerprint density at radius 1 is 0.833 bits per heavy atom. The summed E-state index contributed by atoms with van der Waals surface area (Å²) in [5, 5.41) is 0. The Hall–Kier alpha value is -2.11. The van der Waals surface area contributed by atoms with E-state index in [1.54, 1.807) is 0 Å². The monoisotopic (exact) mass is 380 g/mol. The highest BCUT2D eigenvalue weighted by Crippen LogP contribution is 2.34. The highest BCUT2D eigenvalue weighted by Gasteiger charge is 2.35. The molecule has 0 radical (unpaired) electrons. The Labute approximate surface area is 136 Å². The van der Waals surface area contributed by atoms with Gasteiger partial charge in [0.2, 0.25) is 0 Å². The number of sulfonamides is 2. The molecule has 0 amide bonds. The first-order valence-corrected chi connectivity index (χ1v) is 9.20. The van der Waals surface area contributed by atoms with Crippen molar-refractivity contribution >= 4 is 25.7 Å². The van der Waals surface area contributed by atoms with E-state index in [4.69, 9.17) is 5.73 Å². The minimum Gasteiger partial charge on any atom is -0.398 e. The van der Waals surface area contributed by atoms with Crippen LogP contribution in [0.15, 0.2) is 58.3 Å². The van der Waals surface area contributed by atoms with Gasteiger partial charge in [-0.05, 0) is 30.3 Å². The molecule has 2 rings (SSSR count). The van der Waals surface area contributed by atoms with Crippen LogP contribution >= 0.6 is 0 Å². The summed E-state index contributed by atoms with van der Waals surface area (Å²) in [6, 6.07) is 8.34. The minimum atomic E-state index is -4.88. The van der Waals surface area contributed by atoms with Crippen LogP contribution in [0, 0.1) is 0 Å². The third-order valence-electron chi connectivity index (χ3n) is 2.91. The van der Waals surface area contributed by atoms with Crippen LogP contribution in [0.2, 0.25) is 0 Å². The fraction of sp³-hybridized carbons (Fsp3) is 0.0769. The Balaban J connectivity index is 2.46. The van der Waals surface area contributed by atoms with E-state index in [0.29, 0.717) is 0 Å². The summed E-state index contributed by atoms with van der Waals surface area (Å²) >= 11 is 0. The lowest BCUT2D eigenvalue weighted by atomic mass is 10.2. The fourth-order valence-electron chi connectivity index (χ4n) is 1.79. The number of hydrogen-bond donors (Lipinski definition) is 2. The second-order valence-electron chi connectivity index (χ2n) is 4.65. The van der Waals surface area contributed by atoms with Gasteiger partial charge in [0.1, 0.15) is 0 Å². The Bertz CT molecular complexity index is 956. The summed E-state index contributed by atoms with van der Waals surface area (Å²) in [5.41, 5.74) is 3.14. The van der Waals surface area contributed by atoms with Gasteiger partial charge in [-0.2, -0.15) is 13.2 Å². The van der Waals surface area contributed by atoms with E-state index in [2.05, 4.69) is 0 Å². The second-order valence-corrected chi connectivity index (χ2v) is 8.27. The van der Waals surface area contributed by atoms with Crippen LogP contribution in [0.5, 0.6) is 0 Å². The standard InChI is InChI=1S/C13H11F3N2O4S2/c14-13(15,16)11-8-10(6-7-12(11)17)24(21,22)18-23(19,20)9-4-2-1-3-5-9/h1-8,18H,17H2.